The molecule has 18 rings (SSSR count). The van der Waals surface area contributed by atoms with E-state index in [-0.39, 0.29) is 0 Å². The lowest BCUT2D eigenvalue weighted by molar-refractivity contribution is 1.06. The van der Waals surface area contributed by atoms with E-state index in [0.29, 0.717) is 50.9 Å². The largest absolute Gasteiger partial charge is 0.309 e. The summed E-state index contributed by atoms with van der Waals surface area (Å²) in [7, 11) is 0. The van der Waals surface area contributed by atoms with Crippen molar-refractivity contribution in [2.75, 3.05) is 0 Å². The number of pyridine rings is 2. The van der Waals surface area contributed by atoms with Crippen molar-refractivity contribution in [1.29, 1.82) is 21.0 Å². The highest BCUT2D eigenvalue weighted by Gasteiger charge is 2.27. The summed E-state index contributed by atoms with van der Waals surface area (Å²) in [5.41, 5.74) is 18.4. The third-order valence-electron chi connectivity index (χ3n) is 18.5. The van der Waals surface area contributed by atoms with E-state index in [1.807, 2.05) is 189 Å². The predicted molar refractivity (Wildman–Crippen MR) is 379 cm³/mol. The number of aromatic nitrogens is 9. The molecule has 0 fully saturated rings. The Hall–Kier alpha value is -14.1. The highest BCUT2D eigenvalue weighted by molar-refractivity contribution is 6.14. The van der Waals surface area contributed by atoms with E-state index in [2.05, 4.69) is 127 Å². The van der Waals surface area contributed by atoms with Crippen LogP contribution in [0.5, 0.6) is 0 Å². The van der Waals surface area contributed by atoms with E-state index in [4.69, 9.17) is 24.9 Å². The maximum absolute atomic E-state index is 10.3. The Kier molecular flexibility index (Phi) is 12.4. The maximum atomic E-state index is 10.3. The van der Waals surface area contributed by atoms with E-state index in [1.54, 1.807) is 0 Å². The summed E-state index contributed by atoms with van der Waals surface area (Å²) in [5.74, 6) is 1.18. The van der Waals surface area contributed by atoms with Crippen LogP contribution in [0.4, 0.5) is 0 Å². The number of nitriles is 4. The summed E-state index contributed by atoms with van der Waals surface area (Å²) in [5, 5.41) is 48.5. The zero-order valence-corrected chi connectivity index (χ0v) is 50.8. The van der Waals surface area contributed by atoms with Crippen molar-refractivity contribution < 1.29 is 0 Å². The van der Waals surface area contributed by atoms with Crippen molar-refractivity contribution in [2.45, 2.75) is 0 Å². The Morgan fingerprint density at radius 1 is 0.240 bits per heavy atom. The van der Waals surface area contributed by atoms with Crippen molar-refractivity contribution in [3.05, 3.63) is 296 Å². The molecule has 0 unspecified atom stereocenters. The van der Waals surface area contributed by atoms with Crippen LogP contribution in [0.15, 0.2) is 274 Å². The molecule has 0 radical (unpaired) electrons. The van der Waals surface area contributed by atoms with Crippen molar-refractivity contribution >= 4 is 87.2 Å². The third-order valence-corrected chi connectivity index (χ3v) is 18.5. The van der Waals surface area contributed by atoms with Gasteiger partial charge in [-0.2, -0.15) is 21.0 Å². The van der Waals surface area contributed by atoms with Gasteiger partial charge in [0.25, 0.3) is 0 Å². The molecule has 13 heteroatoms. The number of para-hydroxylation sites is 4. The molecule has 442 valence electrons. The Morgan fingerprint density at radius 3 is 0.885 bits per heavy atom. The minimum atomic E-state index is 0.378. The van der Waals surface area contributed by atoms with E-state index in [9.17, 15) is 21.0 Å². The lowest BCUT2D eigenvalue weighted by atomic mass is 9.99. The average molecular weight is 1220 g/mol. The molecule has 0 aliphatic heterocycles. The summed E-state index contributed by atoms with van der Waals surface area (Å²) in [6.07, 6.45) is 7.42. The van der Waals surface area contributed by atoms with Gasteiger partial charge in [-0.1, -0.05) is 115 Å². The quantitative estimate of drug-likeness (QED) is 0.136. The van der Waals surface area contributed by atoms with Crippen LogP contribution in [0.3, 0.4) is 0 Å². The van der Waals surface area contributed by atoms with Gasteiger partial charge < -0.3 is 18.3 Å². The second-order valence-corrected chi connectivity index (χ2v) is 23.7. The molecule has 96 heavy (non-hydrogen) atoms. The molecule has 0 aliphatic rings. The molecule has 18 aromatic rings. The van der Waals surface area contributed by atoms with Crippen molar-refractivity contribution in [1.82, 2.24) is 43.2 Å². The zero-order valence-electron chi connectivity index (χ0n) is 50.8. The summed E-state index contributed by atoms with van der Waals surface area (Å²) in [6.45, 7) is 0. The molecule has 0 saturated carbocycles. The Labute approximate surface area is 547 Å². The lowest BCUT2D eigenvalue weighted by Crippen LogP contribution is -2.06. The van der Waals surface area contributed by atoms with Gasteiger partial charge in [0.15, 0.2) is 17.5 Å². The highest BCUT2D eigenvalue weighted by Crippen LogP contribution is 2.45. The van der Waals surface area contributed by atoms with Gasteiger partial charge in [-0.25, -0.2) is 15.0 Å². The first-order valence-corrected chi connectivity index (χ1v) is 31.2. The molecule has 11 aromatic carbocycles. The number of benzene rings is 11. The van der Waals surface area contributed by atoms with E-state index in [1.165, 1.54) is 0 Å². The fourth-order valence-electron chi connectivity index (χ4n) is 14.3. The molecule has 0 atom stereocenters. The summed E-state index contributed by atoms with van der Waals surface area (Å²) >= 11 is 0. The summed E-state index contributed by atoms with van der Waals surface area (Å²) in [6, 6.07) is 92.6. The molecule has 0 bridgehead atoms. The number of rotatable bonds is 9. The predicted octanol–water partition coefficient (Wildman–Crippen LogP) is 18.9. The summed E-state index contributed by atoms with van der Waals surface area (Å²) in [4.78, 5) is 26.6. The van der Waals surface area contributed by atoms with Crippen LogP contribution in [0, 0.1) is 45.3 Å². The minimum Gasteiger partial charge on any atom is -0.309 e. The Morgan fingerprint density at radius 2 is 0.542 bits per heavy atom. The molecule has 0 saturated heterocycles. The van der Waals surface area contributed by atoms with Gasteiger partial charge in [0.2, 0.25) is 0 Å². The number of fused-ring (bicyclic) bond motifs is 12. The van der Waals surface area contributed by atoms with Crippen LogP contribution in [0.25, 0.3) is 166 Å². The van der Waals surface area contributed by atoms with Crippen molar-refractivity contribution in [3.63, 3.8) is 0 Å². The van der Waals surface area contributed by atoms with Gasteiger partial charge in [0, 0.05) is 95.7 Å². The van der Waals surface area contributed by atoms with E-state index < -0.39 is 0 Å². The summed E-state index contributed by atoms with van der Waals surface area (Å²) < 4.78 is 8.96. The average Bonchev–Trinajstić information content (AvgIpc) is 1.66. The van der Waals surface area contributed by atoms with Gasteiger partial charge in [0.05, 0.1) is 113 Å². The first-order valence-electron chi connectivity index (χ1n) is 31.2. The highest BCUT2D eigenvalue weighted by atomic mass is 15.1. The van der Waals surface area contributed by atoms with Crippen molar-refractivity contribution in [2.24, 2.45) is 0 Å². The van der Waals surface area contributed by atoms with E-state index in [0.717, 1.165) is 138 Å². The second kappa shape index (κ2) is 21.8. The molecule has 7 aromatic heterocycles. The van der Waals surface area contributed by atoms with Gasteiger partial charge in [-0.15, -0.1) is 0 Å². The second-order valence-electron chi connectivity index (χ2n) is 23.7. The van der Waals surface area contributed by atoms with Crippen LogP contribution in [-0.4, -0.2) is 43.2 Å². The minimum absolute atomic E-state index is 0.378. The lowest BCUT2D eigenvalue weighted by Gasteiger charge is -2.19. The van der Waals surface area contributed by atoms with Crippen molar-refractivity contribution in [3.8, 4) is 103 Å². The Bertz CT molecular complexity index is 6160. The molecule has 0 N–H and O–H groups in total. The number of nitrogens with zero attached hydrogens (tertiary/aromatic N) is 13. The van der Waals surface area contributed by atoms with Crippen LogP contribution >= 0.6 is 0 Å². The maximum Gasteiger partial charge on any atom is 0.166 e. The normalized spacial score (nSPS) is 11.5. The van der Waals surface area contributed by atoms with Gasteiger partial charge in [0.1, 0.15) is 0 Å². The molecule has 0 spiro atoms. The smallest absolute Gasteiger partial charge is 0.166 e. The monoisotopic (exact) mass is 1220 g/mol. The topological polar surface area (TPSA) is 179 Å². The molecular formula is C83H45N13. The van der Waals surface area contributed by atoms with E-state index >= 15 is 0 Å². The van der Waals surface area contributed by atoms with Gasteiger partial charge in [-0.05, 0) is 145 Å². The van der Waals surface area contributed by atoms with Crippen LogP contribution in [0.2, 0.25) is 0 Å². The fourth-order valence-corrected chi connectivity index (χ4v) is 14.3. The first-order chi connectivity index (χ1) is 47.4. The zero-order chi connectivity index (χ0) is 64.1. The van der Waals surface area contributed by atoms with Crippen LogP contribution in [-0.2, 0) is 0 Å². The molecule has 7 heterocycles. The van der Waals surface area contributed by atoms with Crippen LogP contribution in [0.1, 0.15) is 22.3 Å². The van der Waals surface area contributed by atoms with Gasteiger partial charge >= 0.3 is 0 Å². The number of hydrogen-bond donors (Lipinski definition) is 0. The number of hydrogen-bond acceptors (Lipinski definition) is 9. The Balaban J connectivity index is 0.940. The standard InChI is InChI=1S/C83H45N13/c84-44-50-22-28-73-61(38-50)57-14-4-8-18-69(57)93(73)77-32-26-55(67-48-88-36-34-79(67)95-71-20-10-6-16-59(71)63-40-52(46-86)24-30-75(63)95)42-65(77)82-90-81(54-12-2-1-3-13-54)91-83(92-82)66-43-56(27-33-78(66)94-70-19-9-5-15-58(70)62-39-51(45-85)23-29-74(62)94)68-49-89-37-35-80(68)96-72-21-11-7-17-60(72)64-41-53(47-87)25-31-76(64)96/h1-43,48-49H. The molecule has 0 aliphatic carbocycles. The molecular weight excluding hydrogens is 1180 g/mol. The first kappa shape index (κ1) is 54.8. The third kappa shape index (κ3) is 8.50. The van der Waals surface area contributed by atoms with Crippen LogP contribution < -0.4 is 0 Å². The van der Waals surface area contributed by atoms with Gasteiger partial charge in [-0.3, -0.25) is 9.97 Å². The molecule has 0 amide bonds. The fraction of sp³-hybridized carbons (Fsp3) is 0. The SMILES string of the molecule is N#Cc1ccc2c(c1)c1ccccc1n2-c1ccncc1-c1ccc(-n2c3ccccc3c3cc(C#N)ccc32)c(-c2nc(-c3ccccc3)nc(-c3cc(-c4cnccc4-n4c5ccccc5c5cc(C#N)ccc54)ccc3-n3c4ccccc4c4cc(C#N)ccc43)n2)c1. The molecule has 13 nitrogen and oxygen atoms in total.